The highest BCUT2D eigenvalue weighted by Crippen LogP contribution is 2.19. The van der Waals surface area contributed by atoms with E-state index < -0.39 is 5.82 Å². The first kappa shape index (κ1) is 17.1. The fourth-order valence-corrected chi connectivity index (χ4v) is 2.69. The number of piperidine rings is 1. The first-order valence-electron chi connectivity index (χ1n) is 7.65. The number of hydrogen-bond acceptors (Lipinski definition) is 4. The molecule has 0 saturated carbocycles. The molecule has 0 radical (unpaired) electrons. The predicted octanol–water partition coefficient (Wildman–Crippen LogP) is 2.20. The van der Waals surface area contributed by atoms with Gasteiger partial charge >= 0.3 is 5.97 Å². The number of hydrogen-bond donors (Lipinski definition) is 0. The van der Waals surface area contributed by atoms with Crippen LogP contribution in [0.4, 0.5) is 4.39 Å². The Morgan fingerprint density at radius 1 is 1.13 bits per heavy atom. The van der Waals surface area contributed by atoms with Gasteiger partial charge < -0.3 is 9.64 Å². The molecule has 0 spiro atoms. The van der Waals surface area contributed by atoms with Crippen molar-refractivity contribution in [1.82, 2.24) is 4.90 Å². The minimum Gasteiger partial charge on any atom is -0.469 e. The molecule has 1 aliphatic rings. The van der Waals surface area contributed by atoms with Gasteiger partial charge in [-0.3, -0.25) is 14.4 Å². The number of Topliss-reactive ketones (excluding diaryl/α,β-unsaturated/α-hetero) is 1. The number of benzene rings is 1. The third kappa shape index (κ3) is 4.61. The van der Waals surface area contributed by atoms with Crippen LogP contribution in [0.25, 0.3) is 0 Å². The number of ketones is 1. The Morgan fingerprint density at radius 2 is 1.74 bits per heavy atom. The Balaban J connectivity index is 1.78. The minimum absolute atomic E-state index is 0.0937. The number of nitrogens with zero attached hydrogens (tertiary/aromatic N) is 1. The van der Waals surface area contributed by atoms with Gasteiger partial charge in [-0.1, -0.05) is 0 Å². The van der Waals surface area contributed by atoms with E-state index in [9.17, 15) is 18.8 Å². The van der Waals surface area contributed by atoms with Crippen molar-refractivity contribution in [3.8, 4) is 0 Å². The molecule has 1 fully saturated rings. The van der Waals surface area contributed by atoms with Crippen molar-refractivity contribution in [1.29, 1.82) is 0 Å². The normalized spacial score (nSPS) is 15.3. The topological polar surface area (TPSA) is 63.7 Å². The van der Waals surface area contributed by atoms with Crippen LogP contribution in [0.5, 0.6) is 0 Å². The Morgan fingerprint density at radius 3 is 2.30 bits per heavy atom. The van der Waals surface area contributed by atoms with Crippen LogP contribution >= 0.6 is 0 Å². The summed E-state index contributed by atoms with van der Waals surface area (Å²) in [6.07, 6.45) is 1.40. The number of carbonyl (C=O) groups is 3. The van der Waals surface area contributed by atoms with E-state index in [1.807, 2.05) is 0 Å². The van der Waals surface area contributed by atoms with Crippen molar-refractivity contribution in [3.63, 3.8) is 0 Å². The van der Waals surface area contributed by atoms with Crippen LogP contribution in [-0.2, 0) is 14.3 Å². The van der Waals surface area contributed by atoms with E-state index in [0.29, 0.717) is 31.5 Å². The molecule has 124 valence electrons. The van der Waals surface area contributed by atoms with Gasteiger partial charge in [-0.2, -0.15) is 0 Å². The second-order valence-corrected chi connectivity index (χ2v) is 5.61. The van der Waals surface area contributed by atoms with Crippen molar-refractivity contribution in [2.75, 3.05) is 20.2 Å². The molecule has 1 aromatic carbocycles. The van der Waals surface area contributed by atoms with Crippen molar-refractivity contribution in [3.05, 3.63) is 35.6 Å². The molecule has 0 bridgehead atoms. The molecule has 0 aromatic heterocycles. The van der Waals surface area contributed by atoms with E-state index in [1.54, 1.807) is 4.90 Å². The maximum atomic E-state index is 12.8. The van der Waals surface area contributed by atoms with Crippen LogP contribution in [0, 0.1) is 11.7 Å². The third-order valence-corrected chi connectivity index (χ3v) is 4.11. The fraction of sp³-hybridized carbons (Fsp3) is 0.471. The molecule has 1 saturated heterocycles. The zero-order valence-corrected chi connectivity index (χ0v) is 13.1. The van der Waals surface area contributed by atoms with Gasteiger partial charge in [0.2, 0.25) is 5.91 Å². The van der Waals surface area contributed by atoms with Gasteiger partial charge in [0, 0.05) is 31.5 Å². The highest BCUT2D eigenvalue weighted by molar-refractivity contribution is 5.97. The Labute approximate surface area is 134 Å². The number of halogens is 1. The van der Waals surface area contributed by atoms with Gasteiger partial charge in [0.1, 0.15) is 5.82 Å². The summed E-state index contributed by atoms with van der Waals surface area (Å²) in [6, 6.07) is 5.30. The number of rotatable bonds is 5. The maximum absolute atomic E-state index is 12.8. The number of carbonyl (C=O) groups excluding carboxylic acids is 3. The van der Waals surface area contributed by atoms with Crippen LogP contribution in [0.15, 0.2) is 24.3 Å². The lowest BCUT2D eigenvalue weighted by atomic mass is 9.96. The largest absolute Gasteiger partial charge is 0.469 e. The summed E-state index contributed by atoms with van der Waals surface area (Å²) in [5.74, 6) is -1.05. The monoisotopic (exact) mass is 321 g/mol. The molecule has 23 heavy (non-hydrogen) atoms. The molecule has 2 rings (SSSR count). The van der Waals surface area contributed by atoms with E-state index in [2.05, 4.69) is 0 Å². The van der Waals surface area contributed by atoms with Gasteiger partial charge in [0.25, 0.3) is 0 Å². The number of amides is 1. The maximum Gasteiger partial charge on any atom is 0.308 e. The molecule has 1 amide bonds. The van der Waals surface area contributed by atoms with Crippen molar-refractivity contribution >= 4 is 17.7 Å². The molecule has 1 aliphatic heterocycles. The van der Waals surface area contributed by atoms with E-state index in [1.165, 1.54) is 31.4 Å². The first-order valence-corrected chi connectivity index (χ1v) is 7.65. The molecular formula is C17H20FNO4. The van der Waals surface area contributed by atoms with Gasteiger partial charge in [0.05, 0.1) is 13.0 Å². The minimum atomic E-state index is -0.397. The summed E-state index contributed by atoms with van der Waals surface area (Å²) in [5.41, 5.74) is 0.406. The SMILES string of the molecule is COC(=O)C1CCN(C(=O)CCC(=O)c2ccc(F)cc2)CC1. The standard InChI is InChI=1S/C17H20FNO4/c1-23-17(22)13-8-10-19(11-9-13)16(21)7-6-15(20)12-2-4-14(18)5-3-12/h2-5,13H,6-11H2,1H3. The molecule has 0 N–H and O–H groups in total. The zero-order valence-electron chi connectivity index (χ0n) is 13.1. The van der Waals surface area contributed by atoms with Crippen LogP contribution in [0.1, 0.15) is 36.0 Å². The molecule has 0 unspecified atom stereocenters. The molecule has 1 heterocycles. The second kappa shape index (κ2) is 7.85. The lowest BCUT2D eigenvalue weighted by molar-refractivity contribution is -0.148. The molecular weight excluding hydrogens is 301 g/mol. The quantitative estimate of drug-likeness (QED) is 0.616. The zero-order chi connectivity index (χ0) is 16.8. The molecule has 0 aliphatic carbocycles. The van der Waals surface area contributed by atoms with Crippen molar-refractivity contribution in [2.45, 2.75) is 25.7 Å². The second-order valence-electron chi connectivity index (χ2n) is 5.61. The van der Waals surface area contributed by atoms with E-state index in [0.717, 1.165) is 0 Å². The summed E-state index contributed by atoms with van der Waals surface area (Å²) in [6.45, 7) is 1.01. The third-order valence-electron chi connectivity index (χ3n) is 4.11. The number of ether oxygens (including phenoxy) is 1. The van der Waals surface area contributed by atoms with Gasteiger partial charge in [-0.25, -0.2) is 4.39 Å². The van der Waals surface area contributed by atoms with E-state index in [-0.39, 0.29) is 36.4 Å². The van der Waals surface area contributed by atoms with Gasteiger partial charge in [-0.15, -0.1) is 0 Å². The summed E-state index contributed by atoms with van der Waals surface area (Å²) in [5, 5.41) is 0. The average molecular weight is 321 g/mol. The lowest BCUT2D eigenvalue weighted by Crippen LogP contribution is -2.40. The molecule has 0 atom stereocenters. The number of methoxy groups -OCH3 is 1. The van der Waals surface area contributed by atoms with Crippen LogP contribution < -0.4 is 0 Å². The molecule has 1 aromatic rings. The summed E-state index contributed by atoms with van der Waals surface area (Å²) in [7, 11) is 1.36. The Bertz CT molecular complexity index is 577. The Hall–Kier alpha value is -2.24. The summed E-state index contributed by atoms with van der Waals surface area (Å²) < 4.78 is 17.5. The lowest BCUT2D eigenvalue weighted by Gasteiger charge is -2.30. The number of likely N-dealkylation sites (tertiary alicyclic amines) is 1. The van der Waals surface area contributed by atoms with Crippen molar-refractivity contribution < 1.29 is 23.5 Å². The highest BCUT2D eigenvalue weighted by atomic mass is 19.1. The smallest absolute Gasteiger partial charge is 0.308 e. The van der Waals surface area contributed by atoms with Crippen LogP contribution in [0.2, 0.25) is 0 Å². The molecule has 6 heteroatoms. The van der Waals surface area contributed by atoms with Gasteiger partial charge in [0.15, 0.2) is 5.78 Å². The average Bonchev–Trinajstić information content (AvgIpc) is 2.59. The van der Waals surface area contributed by atoms with E-state index in [4.69, 9.17) is 4.74 Å². The summed E-state index contributed by atoms with van der Waals surface area (Å²) >= 11 is 0. The summed E-state index contributed by atoms with van der Waals surface area (Å²) in [4.78, 5) is 37.2. The van der Waals surface area contributed by atoms with Gasteiger partial charge in [-0.05, 0) is 37.1 Å². The fourth-order valence-electron chi connectivity index (χ4n) is 2.69. The van der Waals surface area contributed by atoms with E-state index >= 15 is 0 Å². The number of esters is 1. The van der Waals surface area contributed by atoms with Crippen molar-refractivity contribution in [2.24, 2.45) is 5.92 Å². The first-order chi connectivity index (χ1) is 11.0. The highest BCUT2D eigenvalue weighted by Gasteiger charge is 2.27. The Kier molecular flexibility index (Phi) is 5.84. The predicted molar refractivity (Wildman–Crippen MR) is 81.3 cm³/mol. The van der Waals surface area contributed by atoms with Crippen LogP contribution in [-0.4, -0.2) is 42.8 Å². The van der Waals surface area contributed by atoms with Crippen LogP contribution in [0.3, 0.4) is 0 Å². The molecule has 5 nitrogen and oxygen atoms in total.